The van der Waals surface area contributed by atoms with Crippen molar-refractivity contribution in [3.8, 4) is 0 Å². The largest absolute Gasteiger partial charge is 0.471 e. The number of carbonyl (C=O) groups excluding carboxylic acids is 3. The monoisotopic (exact) mass is 575 g/mol. The molecule has 0 heterocycles. The van der Waals surface area contributed by atoms with Gasteiger partial charge in [0.05, 0.1) is 0 Å². The molecule has 9 nitrogen and oxygen atoms in total. The number of alkyl halides is 12. The molecule has 37 heavy (non-hydrogen) atoms. The first-order valence-electron chi connectivity index (χ1n) is 9.84. The minimum atomic E-state index is -5.44. The van der Waals surface area contributed by atoms with Crippen LogP contribution in [0.1, 0.15) is 0 Å². The maximum atomic E-state index is 12.8. The molecule has 0 radical (unpaired) electrons. The third kappa shape index (κ3) is 13.5. The molecule has 0 bridgehead atoms. The topological polar surface area (TPSA) is 114 Å². The van der Waals surface area contributed by atoms with Gasteiger partial charge in [0.15, 0.2) is 0 Å². The lowest BCUT2D eigenvalue weighted by Gasteiger charge is -2.29. The van der Waals surface area contributed by atoms with Gasteiger partial charge >= 0.3 is 42.4 Å². The van der Waals surface area contributed by atoms with Crippen LogP contribution in [0.3, 0.4) is 0 Å². The van der Waals surface area contributed by atoms with Crippen LogP contribution in [0.4, 0.5) is 52.7 Å². The van der Waals surface area contributed by atoms with Gasteiger partial charge in [-0.2, -0.15) is 52.7 Å². The number of hydrogen-bond acceptors (Lipinski definition) is 6. The molecule has 0 saturated carbocycles. The van der Waals surface area contributed by atoms with Gasteiger partial charge in [0.1, 0.15) is 0 Å². The Hall–Kier alpha value is -2.55. The summed E-state index contributed by atoms with van der Waals surface area (Å²) in [4.78, 5) is 33.0. The molecule has 0 saturated heterocycles. The van der Waals surface area contributed by atoms with Crippen LogP contribution in [-0.4, -0.2) is 116 Å². The molecule has 21 heteroatoms. The molecular formula is C16H21F12N5O4. The molecule has 1 atom stereocenters. The summed E-state index contributed by atoms with van der Waals surface area (Å²) in [7, 11) is 0. The van der Waals surface area contributed by atoms with Gasteiger partial charge in [-0.1, -0.05) is 0 Å². The van der Waals surface area contributed by atoms with Gasteiger partial charge in [-0.25, -0.2) is 0 Å². The number of amides is 3. The van der Waals surface area contributed by atoms with Crippen molar-refractivity contribution in [3.05, 3.63) is 0 Å². The third-order valence-corrected chi connectivity index (χ3v) is 4.17. The van der Waals surface area contributed by atoms with Crippen molar-refractivity contribution in [1.82, 2.24) is 25.8 Å². The van der Waals surface area contributed by atoms with Gasteiger partial charge in [-0.15, -0.1) is 0 Å². The van der Waals surface area contributed by atoms with Crippen molar-refractivity contribution >= 4 is 17.7 Å². The van der Waals surface area contributed by atoms with Gasteiger partial charge in [0.25, 0.3) is 0 Å². The number of aliphatic hydroxyl groups is 1. The SMILES string of the molecule is O=C(NCCN(CCNCCN(CCNC(=O)C(F)(F)F)C(O)C(F)(F)F)C(=O)C(F)(F)F)C(F)(F)F. The fourth-order valence-electron chi connectivity index (χ4n) is 2.44. The lowest BCUT2D eigenvalue weighted by Crippen LogP contribution is -2.52. The van der Waals surface area contributed by atoms with E-state index in [-0.39, 0.29) is 9.80 Å². The molecule has 0 aliphatic carbocycles. The van der Waals surface area contributed by atoms with E-state index < -0.39 is 101 Å². The van der Waals surface area contributed by atoms with Crippen molar-refractivity contribution in [2.24, 2.45) is 0 Å². The second-order valence-electron chi connectivity index (χ2n) is 7.00. The minimum Gasteiger partial charge on any atom is -0.370 e. The van der Waals surface area contributed by atoms with E-state index in [1.165, 1.54) is 10.6 Å². The second kappa shape index (κ2) is 13.8. The van der Waals surface area contributed by atoms with Gasteiger partial charge in [-0.05, 0) is 0 Å². The molecular weight excluding hydrogens is 554 g/mol. The fraction of sp³-hybridized carbons (Fsp3) is 0.812. The number of hydrogen-bond donors (Lipinski definition) is 4. The Balaban J connectivity index is 4.91. The molecule has 4 N–H and O–H groups in total. The quantitative estimate of drug-likeness (QED) is 0.145. The van der Waals surface area contributed by atoms with Crippen LogP contribution >= 0.6 is 0 Å². The smallest absolute Gasteiger partial charge is 0.370 e. The molecule has 0 fully saturated rings. The van der Waals surface area contributed by atoms with Crippen LogP contribution in [-0.2, 0) is 14.4 Å². The summed E-state index contributed by atoms with van der Waals surface area (Å²) >= 11 is 0. The summed E-state index contributed by atoms with van der Waals surface area (Å²) in [5.74, 6) is -7.40. The van der Waals surface area contributed by atoms with Crippen LogP contribution in [0.15, 0.2) is 0 Å². The molecule has 0 aromatic heterocycles. The average molecular weight is 575 g/mol. The maximum Gasteiger partial charge on any atom is 0.471 e. The Morgan fingerprint density at radius 1 is 0.622 bits per heavy atom. The highest BCUT2D eigenvalue weighted by molar-refractivity contribution is 5.83. The number of nitrogens with one attached hydrogen (secondary N) is 3. The second-order valence-corrected chi connectivity index (χ2v) is 7.00. The summed E-state index contributed by atoms with van der Waals surface area (Å²) in [6.45, 7) is -6.60. The zero-order valence-electron chi connectivity index (χ0n) is 18.3. The van der Waals surface area contributed by atoms with Crippen LogP contribution in [0, 0.1) is 0 Å². The molecule has 0 aliphatic rings. The molecule has 0 spiro atoms. The Bertz CT molecular complexity index is 754. The zero-order chi connectivity index (χ0) is 29.2. The van der Waals surface area contributed by atoms with Crippen molar-refractivity contribution < 1.29 is 72.2 Å². The van der Waals surface area contributed by atoms with Gasteiger partial charge in [0, 0.05) is 52.4 Å². The predicted octanol–water partition coefficient (Wildman–Crippen LogP) is 0.507. The van der Waals surface area contributed by atoms with Crippen LogP contribution in [0.2, 0.25) is 0 Å². The maximum absolute atomic E-state index is 12.8. The summed E-state index contributed by atoms with van der Waals surface area (Å²) in [6.07, 6.45) is -24.5. The number of aliphatic hydroxyl groups excluding tert-OH is 1. The molecule has 0 aromatic carbocycles. The van der Waals surface area contributed by atoms with E-state index in [1.807, 2.05) is 0 Å². The molecule has 0 aromatic rings. The van der Waals surface area contributed by atoms with Crippen molar-refractivity contribution in [2.45, 2.75) is 30.9 Å². The van der Waals surface area contributed by atoms with Gasteiger partial charge in [-0.3, -0.25) is 19.3 Å². The third-order valence-electron chi connectivity index (χ3n) is 4.17. The lowest BCUT2D eigenvalue weighted by atomic mass is 10.3. The summed E-state index contributed by atoms with van der Waals surface area (Å²) in [5, 5.41) is 14.1. The number of carbonyl (C=O) groups is 3. The normalized spacial score (nSPS) is 13.9. The minimum absolute atomic E-state index is 0.0126. The number of halogens is 12. The van der Waals surface area contributed by atoms with E-state index in [2.05, 4.69) is 5.32 Å². The fourth-order valence-corrected chi connectivity index (χ4v) is 2.44. The van der Waals surface area contributed by atoms with Crippen LogP contribution < -0.4 is 16.0 Å². The average Bonchev–Trinajstić information content (AvgIpc) is 2.72. The van der Waals surface area contributed by atoms with Gasteiger partial charge < -0.3 is 26.0 Å². The molecule has 1 unspecified atom stereocenters. The Kier molecular flexibility index (Phi) is 12.9. The van der Waals surface area contributed by atoms with Crippen LogP contribution in [0.5, 0.6) is 0 Å². The highest BCUT2D eigenvalue weighted by Gasteiger charge is 2.44. The number of rotatable bonds is 13. The van der Waals surface area contributed by atoms with E-state index in [0.717, 1.165) is 0 Å². The van der Waals surface area contributed by atoms with E-state index in [0.29, 0.717) is 0 Å². The Morgan fingerprint density at radius 2 is 1.00 bits per heavy atom. The highest BCUT2D eigenvalue weighted by Crippen LogP contribution is 2.23. The summed E-state index contributed by atoms with van der Waals surface area (Å²) in [5.41, 5.74) is 0. The Labute approximate surface area is 200 Å². The van der Waals surface area contributed by atoms with Crippen LogP contribution in [0.25, 0.3) is 0 Å². The molecule has 218 valence electrons. The zero-order valence-corrected chi connectivity index (χ0v) is 18.3. The standard InChI is InChI=1S/C16H21F12N5O4/c17-13(18,19)9(34)30-3-7-32(11(36)15(23,24)25)5-1-29-2-6-33(12(37)16(26,27)28)8-4-31-10(35)14(20,21)22/h11,29,36H,1-8H2,(H,30,34)(H,31,35). The lowest BCUT2D eigenvalue weighted by molar-refractivity contribution is -0.249. The van der Waals surface area contributed by atoms with E-state index in [4.69, 9.17) is 0 Å². The molecule has 3 amide bonds. The van der Waals surface area contributed by atoms with Crippen molar-refractivity contribution in [3.63, 3.8) is 0 Å². The molecule has 0 aliphatic heterocycles. The van der Waals surface area contributed by atoms with E-state index >= 15 is 0 Å². The van der Waals surface area contributed by atoms with E-state index in [1.54, 1.807) is 0 Å². The van der Waals surface area contributed by atoms with E-state index in [9.17, 15) is 72.2 Å². The predicted molar refractivity (Wildman–Crippen MR) is 97.3 cm³/mol. The Morgan fingerprint density at radius 3 is 1.41 bits per heavy atom. The summed E-state index contributed by atoms with van der Waals surface area (Å²) < 4.78 is 149. The van der Waals surface area contributed by atoms with Crippen molar-refractivity contribution in [2.75, 3.05) is 52.4 Å². The molecule has 0 rings (SSSR count). The first-order valence-corrected chi connectivity index (χ1v) is 9.84. The van der Waals surface area contributed by atoms with Crippen molar-refractivity contribution in [1.29, 1.82) is 0 Å². The first kappa shape index (κ1) is 34.5. The first-order chi connectivity index (χ1) is 16.6. The summed E-state index contributed by atoms with van der Waals surface area (Å²) in [6, 6.07) is 0. The highest BCUT2D eigenvalue weighted by atomic mass is 19.4. The van der Waals surface area contributed by atoms with Gasteiger partial charge in [0.2, 0.25) is 6.23 Å². The number of nitrogens with zero attached hydrogens (tertiary/aromatic N) is 2.